The minimum Gasteiger partial charge on any atom is -0.481 e. The molecule has 11 nitrogen and oxygen atoms in total. The molecular formula is C18H30N4O7S. The summed E-state index contributed by atoms with van der Waals surface area (Å²) in [6.07, 6.45) is 0.637. The summed E-state index contributed by atoms with van der Waals surface area (Å²) in [5.41, 5.74) is 5.79. The second kappa shape index (κ2) is 11.7. The van der Waals surface area contributed by atoms with Crippen molar-refractivity contribution >= 4 is 42.3 Å². The van der Waals surface area contributed by atoms with E-state index in [9.17, 15) is 24.0 Å². The Labute approximate surface area is 180 Å². The summed E-state index contributed by atoms with van der Waals surface area (Å²) >= 11 is 3.90. The fourth-order valence-corrected chi connectivity index (χ4v) is 3.40. The first kappa shape index (κ1) is 25.7. The molecule has 1 rings (SSSR count). The van der Waals surface area contributed by atoms with E-state index in [0.717, 1.165) is 0 Å². The number of likely N-dealkylation sites (tertiary alicyclic amines) is 1. The van der Waals surface area contributed by atoms with Crippen LogP contribution in [0.2, 0.25) is 0 Å². The quantitative estimate of drug-likeness (QED) is 0.214. The number of aliphatic carboxylic acids is 2. The van der Waals surface area contributed by atoms with Gasteiger partial charge in [0.05, 0.1) is 6.04 Å². The van der Waals surface area contributed by atoms with Gasteiger partial charge in [-0.15, -0.1) is 0 Å². The molecule has 1 aliphatic heterocycles. The van der Waals surface area contributed by atoms with Gasteiger partial charge in [-0.25, -0.2) is 4.79 Å². The third-order valence-electron chi connectivity index (χ3n) is 4.87. The van der Waals surface area contributed by atoms with E-state index in [4.69, 9.17) is 15.9 Å². The molecule has 1 heterocycles. The van der Waals surface area contributed by atoms with Crippen LogP contribution in [0, 0.1) is 5.92 Å². The summed E-state index contributed by atoms with van der Waals surface area (Å²) in [6, 6.07) is -4.07. The van der Waals surface area contributed by atoms with Gasteiger partial charge in [0.1, 0.15) is 18.1 Å². The van der Waals surface area contributed by atoms with Crippen molar-refractivity contribution in [3.8, 4) is 0 Å². The van der Waals surface area contributed by atoms with Crippen LogP contribution in [0.25, 0.3) is 0 Å². The molecule has 0 aromatic rings. The van der Waals surface area contributed by atoms with Crippen LogP contribution in [0.1, 0.15) is 39.5 Å². The van der Waals surface area contributed by atoms with Crippen molar-refractivity contribution in [1.29, 1.82) is 0 Å². The van der Waals surface area contributed by atoms with Crippen molar-refractivity contribution in [2.24, 2.45) is 11.7 Å². The molecule has 0 spiro atoms. The van der Waals surface area contributed by atoms with E-state index in [0.29, 0.717) is 19.4 Å². The Morgan fingerprint density at radius 3 is 2.30 bits per heavy atom. The van der Waals surface area contributed by atoms with Crippen LogP contribution in [0.5, 0.6) is 0 Å². The number of nitrogens with one attached hydrogen (secondary N) is 2. The highest BCUT2D eigenvalue weighted by Gasteiger charge is 2.38. The van der Waals surface area contributed by atoms with Crippen LogP contribution >= 0.6 is 12.6 Å². The summed E-state index contributed by atoms with van der Waals surface area (Å²) in [5.74, 6) is -4.48. The standard InChI is InChI=1S/C18H30N4O7S/c1-9(2)14(16(26)20-11(8-30)18(28)29)21-15(25)12-4-3-7-22(12)17(27)10(19)5-6-13(23)24/h9-12,14,30H,3-8,19H2,1-2H3,(H,20,26)(H,21,25)(H,23,24)(H,28,29). The lowest BCUT2D eigenvalue weighted by atomic mass is 10.0. The Morgan fingerprint density at radius 2 is 1.80 bits per heavy atom. The number of rotatable bonds is 11. The number of amides is 3. The number of hydrogen-bond donors (Lipinski definition) is 6. The third kappa shape index (κ3) is 7.17. The molecule has 170 valence electrons. The molecule has 0 aliphatic carbocycles. The van der Waals surface area contributed by atoms with Gasteiger partial charge >= 0.3 is 11.9 Å². The van der Waals surface area contributed by atoms with Crippen LogP contribution in [0.3, 0.4) is 0 Å². The van der Waals surface area contributed by atoms with Crippen LogP contribution < -0.4 is 16.4 Å². The number of nitrogens with two attached hydrogens (primary N) is 1. The molecule has 4 atom stereocenters. The Balaban J connectivity index is 2.83. The first-order valence-electron chi connectivity index (χ1n) is 9.71. The third-order valence-corrected chi connectivity index (χ3v) is 5.23. The molecule has 0 saturated carbocycles. The van der Waals surface area contributed by atoms with Gasteiger partial charge in [-0.1, -0.05) is 13.8 Å². The molecule has 6 N–H and O–H groups in total. The van der Waals surface area contributed by atoms with E-state index in [1.54, 1.807) is 13.8 Å². The number of carboxylic acid groups (broad SMARTS) is 2. The number of carbonyl (C=O) groups excluding carboxylic acids is 3. The lowest BCUT2D eigenvalue weighted by Gasteiger charge is -2.29. The summed E-state index contributed by atoms with van der Waals surface area (Å²) < 4.78 is 0. The molecule has 0 bridgehead atoms. The normalized spacial score (nSPS) is 19.1. The summed E-state index contributed by atoms with van der Waals surface area (Å²) in [6.45, 7) is 3.69. The second-order valence-electron chi connectivity index (χ2n) is 7.54. The highest BCUT2D eigenvalue weighted by Crippen LogP contribution is 2.20. The Morgan fingerprint density at radius 1 is 1.17 bits per heavy atom. The van der Waals surface area contributed by atoms with Crippen molar-refractivity contribution in [2.75, 3.05) is 12.3 Å². The molecule has 1 fully saturated rings. The zero-order valence-electron chi connectivity index (χ0n) is 17.0. The van der Waals surface area contributed by atoms with E-state index in [1.165, 1.54) is 4.90 Å². The van der Waals surface area contributed by atoms with E-state index < -0.39 is 53.8 Å². The highest BCUT2D eigenvalue weighted by molar-refractivity contribution is 7.80. The van der Waals surface area contributed by atoms with Gasteiger partial charge in [0.15, 0.2) is 0 Å². The fraction of sp³-hybridized carbons (Fsp3) is 0.722. The number of carbonyl (C=O) groups is 5. The van der Waals surface area contributed by atoms with Gasteiger partial charge in [0, 0.05) is 18.7 Å². The fourth-order valence-electron chi connectivity index (χ4n) is 3.15. The van der Waals surface area contributed by atoms with Gasteiger partial charge in [-0.05, 0) is 25.2 Å². The van der Waals surface area contributed by atoms with Gasteiger partial charge < -0.3 is 31.5 Å². The minimum atomic E-state index is -1.24. The zero-order valence-corrected chi connectivity index (χ0v) is 17.9. The number of nitrogens with zero attached hydrogens (tertiary/aromatic N) is 1. The monoisotopic (exact) mass is 446 g/mol. The molecule has 1 aliphatic rings. The van der Waals surface area contributed by atoms with Crippen molar-refractivity contribution in [3.05, 3.63) is 0 Å². The summed E-state index contributed by atoms with van der Waals surface area (Å²) in [5, 5.41) is 22.8. The van der Waals surface area contributed by atoms with E-state index >= 15 is 0 Å². The second-order valence-corrected chi connectivity index (χ2v) is 7.91. The SMILES string of the molecule is CC(C)C(NC(=O)C1CCCN1C(=O)C(N)CCC(=O)O)C(=O)NC(CS)C(=O)O. The van der Waals surface area contributed by atoms with Gasteiger partial charge in [0.25, 0.3) is 0 Å². The number of carboxylic acids is 2. The average molecular weight is 447 g/mol. The Hall–Kier alpha value is -2.34. The van der Waals surface area contributed by atoms with Crippen LogP contribution in [-0.4, -0.2) is 81.2 Å². The van der Waals surface area contributed by atoms with E-state index in [2.05, 4.69) is 23.3 Å². The lowest BCUT2D eigenvalue weighted by Crippen LogP contribution is -2.58. The lowest BCUT2D eigenvalue weighted by molar-refractivity contribution is -0.143. The van der Waals surface area contributed by atoms with Crippen LogP contribution in [0.4, 0.5) is 0 Å². The number of thiol groups is 1. The predicted octanol–water partition coefficient (Wildman–Crippen LogP) is -1.19. The van der Waals surface area contributed by atoms with Gasteiger partial charge in [-0.2, -0.15) is 12.6 Å². The molecule has 12 heteroatoms. The Kier molecular flexibility index (Phi) is 10.1. The molecule has 0 radical (unpaired) electrons. The molecule has 1 saturated heterocycles. The smallest absolute Gasteiger partial charge is 0.327 e. The molecule has 3 amide bonds. The van der Waals surface area contributed by atoms with E-state index in [1.807, 2.05) is 0 Å². The first-order valence-corrected chi connectivity index (χ1v) is 10.3. The average Bonchev–Trinajstić information content (AvgIpc) is 3.16. The van der Waals surface area contributed by atoms with Crippen molar-refractivity contribution in [3.63, 3.8) is 0 Å². The molecular weight excluding hydrogens is 416 g/mol. The first-order chi connectivity index (χ1) is 14.0. The largest absolute Gasteiger partial charge is 0.481 e. The van der Waals surface area contributed by atoms with Crippen LogP contribution in [0.15, 0.2) is 0 Å². The maximum absolute atomic E-state index is 12.8. The van der Waals surface area contributed by atoms with Gasteiger partial charge in [0.2, 0.25) is 17.7 Å². The van der Waals surface area contributed by atoms with Crippen LogP contribution in [-0.2, 0) is 24.0 Å². The van der Waals surface area contributed by atoms with E-state index in [-0.39, 0.29) is 24.5 Å². The molecule has 30 heavy (non-hydrogen) atoms. The molecule has 0 aromatic carbocycles. The minimum absolute atomic E-state index is 0.0453. The summed E-state index contributed by atoms with van der Waals surface area (Å²) in [7, 11) is 0. The predicted molar refractivity (Wildman–Crippen MR) is 110 cm³/mol. The highest BCUT2D eigenvalue weighted by atomic mass is 32.1. The maximum Gasteiger partial charge on any atom is 0.327 e. The Bertz CT molecular complexity index is 673. The molecule has 4 unspecified atom stereocenters. The van der Waals surface area contributed by atoms with Crippen molar-refractivity contribution in [1.82, 2.24) is 15.5 Å². The van der Waals surface area contributed by atoms with Gasteiger partial charge in [-0.3, -0.25) is 19.2 Å². The zero-order chi connectivity index (χ0) is 23.0. The van der Waals surface area contributed by atoms with Crippen molar-refractivity contribution < 1.29 is 34.2 Å². The topological polar surface area (TPSA) is 179 Å². The molecule has 0 aromatic heterocycles. The van der Waals surface area contributed by atoms with Crippen molar-refractivity contribution in [2.45, 2.75) is 63.7 Å². The summed E-state index contributed by atoms with van der Waals surface area (Å²) in [4.78, 5) is 61.0. The number of hydrogen-bond acceptors (Lipinski definition) is 7. The maximum atomic E-state index is 12.8.